The van der Waals surface area contributed by atoms with Crippen molar-refractivity contribution in [3.05, 3.63) is 0 Å². The summed E-state index contributed by atoms with van der Waals surface area (Å²) in [4.78, 5) is 22.1. The van der Waals surface area contributed by atoms with Gasteiger partial charge in [-0.05, 0) is 26.7 Å². The molecule has 2 N–H and O–H groups in total. The number of carboxylic acids is 1. The lowest BCUT2D eigenvalue weighted by molar-refractivity contribution is -0.140. The van der Waals surface area contributed by atoms with Crippen LogP contribution < -0.4 is 5.32 Å². The van der Waals surface area contributed by atoms with Crippen molar-refractivity contribution < 1.29 is 19.4 Å². The molecule has 0 fully saturated rings. The lowest BCUT2D eigenvalue weighted by atomic mass is 10.1. The van der Waals surface area contributed by atoms with Crippen molar-refractivity contribution >= 4 is 12.1 Å². The molecule has 1 amide bonds. The van der Waals surface area contributed by atoms with Gasteiger partial charge in [0.2, 0.25) is 0 Å². The van der Waals surface area contributed by atoms with Gasteiger partial charge < -0.3 is 15.2 Å². The molecule has 0 aliphatic rings. The van der Waals surface area contributed by atoms with Crippen molar-refractivity contribution in [3.63, 3.8) is 0 Å². The largest absolute Gasteiger partial charge is 0.480 e. The van der Waals surface area contributed by atoms with E-state index >= 15 is 0 Å². The average Bonchev–Trinajstić information content (AvgIpc) is 1.95. The van der Waals surface area contributed by atoms with Crippen molar-refractivity contribution in [2.75, 3.05) is 0 Å². The van der Waals surface area contributed by atoms with E-state index in [4.69, 9.17) is 9.84 Å². The quantitative estimate of drug-likeness (QED) is 0.707. The number of nitrogens with one attached hydrogen (secondary N) is 1. The van der Waals surface area contributed by atoms with E-state index in [2.05, 4.69) is 5.32 Å². The Bertz CT molecular complexity index is 242. The minimum absolute atomic E-state index is 0.185. The summed E-state index contributed by atoms with van der Waals surface area (Å²) in [6.07, 6.45) is -0.705. The second-order valence-corrected chi connectivity index (χ2v) is 4.71. The molecule has 0 aliphatic carbocycles. The Morgan fingerprint density at radius 3 is 2.13 bits per heavy atom. The highest BCUT2D eigenvalue weighted by molar-refractivity contribution is 5.80. The molecule has 0 saturated carbocycles. The molecule has 0 saturated heterocycles. The number of alkyl carbamates (subject to hydrolysis) is 1. The molecule has 0 heterocycles. The molecule has 0 aromatic heterocycles. The van der Waals surface area contributed by atoms with Crippen molar-refractivity contribution in [1.82, 2.24) is 5.32 Å². The number of carbonyl (C=O) groups excluding carboxylic acids is 1. The first kappa shape index (κ1) is 13.7. The van der Waals surface area contributed by atoms with Gasteiger partial charge in [-0.3, -0.25) is 0 Å². The first-order valence-electron chi connectivity index (χ1n) is 4.86. The van der Waals surface area contributed by atoms with E-state index in [0.29, 0.717) is 0 Å². The van der Waals surface area contributed by atoms with Gasteiger partial charge in [-0.1, -0.05) is 13.8 Å². The maximum atomic E-state index is 11.3. The van der Waals surface area contributed by atoms with Gasteiger partial charge in [0.15, 0.2) is 0 Å². The Hall–Kier alpha value is -1.26. The summed E-state index contributed by atoms with van der Waals surface area (Å²) in [7, 11) is 0. The van der Waals surface area contributed by atoms with Crippen LogP contribution in [0.1, 0.15) is 34.6 Å². The van der Waals surface area contributed by atoms with Crippen LogP contribution in [0.3, 0.4) is 0 Å². The fourth-order valence-corrected chi connectivity index (χ4v) is 0.948. The van der Waals surface area contributed by atoms with E-state index in [1.165, 1.54) is 0 Å². The SMILES string of the molecule is CC(C)[C@H](NC(=O)OC(C)(C)C)C(O)=[18O]. The van der Waals surface area contributed by atoms with Gasteiger partial charge >= 0.3 is 12.1 Å². The van der Waals surface area contributed by atoms with E-state index in [-0.39, 0.29) is 5.92 Å². The van der Waals surface area contributed by atoms with E-state index in [1.54, 1.807) is 34.6 Å². The molecule has 88 valence electrons. The molecule has 0 spiro atoms. The summed E-state index contributed by atoms with van der Waals surface area (Å²) in [6.45, 7) is 8.60. The molecule has 5 heteroatoms. The number of hydrogen-bond acceptors (Lipinski definition) is 3. The zero-order valence-corrected chi connectivity index (χ0v) is 9.83. The molecule has 0 rings (SSSR count). The Kier molecular flexibility index (Phi) is 4.58. The maximum absolute atomic E-state index is 11.3. The number of carbonyl (C=O) groups is 2. The zero-order valence-electron chi connectivity index (χ0n) is 9.83. The summed E-state index contributed by atoms with van der Waals surface area (Å²) >= 11 is 0. The van der Waals surface area contributed by atoms with Gasteiger partial charge in [0, 0.05) is 0 Å². The third kappa shape index (κ3) is 5.93. The maximum Gasteiger partial charge on any atom is 0.408 e. The topological polar surface area (TPSA) is 75.6 Å². The first-order valence-corrected chi connectivity index (χ1v) is 4.86. The molecule has 15 heavy (non-hydrogen) atoms. The second kappa shape index (κ2) is 5.00. The molecular weight excluding hydrogens is 200 g/mol. The fourth-order valence-electron chi connectivity index (χ4n) is 0.948. The van der Waals surface area contributed by atoms with Crippen LogP contribution in [0.25, 0.3) is 0 Å². The molecule has 0 aromatic rings. The van der Waals surface area contributed by atoms with Gasteiger partial charge in [-0.25, -0.2) is 9.59 Å². The highest BCUT2D eigenvalue weighted by Crippen LogP contribution is 2.08. The van der Waals surface area contributed by atoms with E-state index < -0.39 is 23.7 Å². The molecule has 0 bridgehead atoms. The van der Waals surface area contributed by atoms with Crippen LogP contribution in [0.2, 0.25) is 0 Å². The van der Waals surface area contributed by atoms with Crippen LogP contribution in [0.15, 0.2) is 0 Å². The summed E-state index contributed by atoms with van der Waals surface area (Å²) in [5.74, 6) is -1.24. The lowest BCUT2D eigenvalue weighted by Crippen LogP contribution is -2.46. The summed E-state index contributed by atoms with van der Waals surface area (Å²) in [6, 6.07) is -0.917. The predicted molar refractivity (Wildman–Crippen MR) is 55.6 cm³/mol. The van der Waals surface area contributed by atoms with Crippen LogP contribution >= 0.6 is 0 Å². The first-order chi connectivity index (χ1) is 6.63. The smallest absolute Gasteiger partial charge is 0.408 e. The van der Waals surface area contributed by atoms with Crippen LogP contribution in [-0.2, 0) is 9.53 Å². The Morgan fingerprint density at radius 2 is 1.87 bits per heavy atom. The number of amides is 1. The van der Waals surface area contributed by atoms with Crippen LogP contribution in [0, 0.1) is 5.92 Å². The van der Waals surface area contributed by atoms with Crippen LogP contribution in [0.5, 0.6) is 0 Å². The van der Waals surface area contributed by atoms with Gasteiger partial charge in [0.25, 0.3) is 0 Å². The predicted octanol–water partition coefficient (Wildman–Crippen LogP) is 1.62. The van der Waals surface area contributed by atoms with E-state index in [9.17, 15) is 9.59 Å². The lowest BCUT2D eigenvalue weighted by Gasteiger charge is -2.23. The van der Waals surface area contributed by atoms with Crippen LogP contribution in [0.4, 0.5) is 4.79 Å². The Morgan fingerprint density at radius 1 is 1.40 bits per heavy atom. The summed E-state index contributed by atoms with van der Waals surface area (Å²) in [5.41, 5.74) is -0.621. The van der Waals surface area contributed by atoms with Crippen molar-refractivity contribution in [2.45, 2.75) is 46.3 Å². The molecule has 5 nitrogen and oxygen atoms in total. The third-order valence-electron chi connectivity index (χ3n) is 1.60. The molecule has 1 atom stereocenters. The summed E-state index contributed by atoms with van der Waals surface area (Å²) < 4.78 is 4.96. The number of aliphatic carboxylic acids is 1. The Balaban J connectivity index is 4.31. The Labute approximate surface area is 89.8 Å². The average molecular weight is 219 g/mol. The van der Waals surface area contributed by atoms with Crippen LogP contribution in [-0.4, -0.2) is 28.8 Å². The van der Waals surface area contributed by atoms with Crippen molar-refractivity contribution in [3.8, 4) is 0 Å². The normalized spacial score (nSPS) is 13.5. The monoisotopic (exact) mass is 219 g/mol. The minimum Gasteiger partial charge on any atom is -0.480 e. The summed E-state index contributed by atoms with van der Waals surface area (Å²) in [5, 5.41) is 11.1. The van der Waals surface area contributed by atoms with E-state index in [0.717, 1.165) is 0 Å². The van der Waals surface area contributed by atoms with Gasteiger partial charge in [-0.15, -0.1) is 0 Å². The van der Waals surface area contributed by atoms with Gasteiger partial charge in [-0.2, -0.15) is 0 Å². The van der Waals surface area contributed by atoms with Gasteiger partial charge in [0.1, 0.15) is 11.6 Å². The van der Waals surface area contributed by atoms with E-state index in [1.807, 2.05) is 0 Å². The van der Waals surface area contributed by atoms with Crippen molar-refractivity contribution in [1.29, 1.82) is 0 Å². The van der Waals surface area contributed by atoms with Gasteiger partial charge in [0.05, 0.1) is 0 Å². The fraction of sp³-hybridized carbons (Fsp3) is 0.800. The number of hydrogen-bond donors (Lipinski definition) is 2. The highest BCUT2D eigenvalue weighted by atomic mass is 18.1. The number of rotatable bonds is 3. The van der Waals surface area contributed by atoms with Crippen molar-refractivity contribution in [2.24, 2.45) is 5.92 Å². The molecule has 0 aromatic carbocycles. The molecule has 0 unspecified atom stereocenters. The number of carboxylic acid groups (broad SMARTS) is 1. The minimum atomic E-state index is -1.06. The third-order valence-corrected chi connectivity index (χ3v) is 1.60. The second-order valence-electron chi connectivity index (χ2n) is 4.71. The number of ether oxygens (including phenoxy) is 1. The molecular formula is C10H19NO4. The molecule has 0 radical (unpaired) electrons. The standard InChI is InChI=1S/C10H19NO4/c1-6(2)7(8(12)13)11-9(14)15-10(3,4)5/h6-7H,1-5H3,(H,11,14)(H,12,13)/t7-/m0/s1/i12+2. The highest BCUT2D eigenvalue weighted by Gasteiger charge is 2.26. The molecule has 0 aliphatic heterocycles. The zero-order chi connectivity index (χ0) is 12.2.